The molecule has 2 aromatic rings. The molecule has 0 saturated carbocycles. The third-order valence-corrected chi connectivity index (χ3v) is 4.16. The van der Waals surface area contributed by atoms with Crippen LogP contribution in [0.1, 0.15) is 0 Å². The van der Waals surface area contributed by atoms with Gasteiger partial charge in [-0.05, 0) is 22.9 Å². The number of benzene rings is 2. The molecule has 0 saturated heterocycles. The molecule has 0 aliphatic heterocycles. The van der Waals surface area contributed by atoms with Gasteiger partial charge >= 0.3 is 0 Å². The molecule has 0 aliphatic carbocycles. The first kappa shape index (κ1) is 17.3. The molecule has 2 rings (SSSR count). The fourth-order valence-corrected chi connectivity index (χ4v) is 2.77. The van der Waals surface area contributed by atoms with Crippen molar-refractivity contribution in [1.82, 2.24) is 10.6 Å². The maximum absolute atomic E-state index is 11.8. The lowest BCUT2D eigenvalue weighted by atomic mass is 10.1. The largest absolute Gasteiger partial charge is 0.383 e. The average molecular weight is 332 g/mol. The Balaban J connectivity index is 1.74. The molecule has 0 radical (unpaired) electrons. The van der Waals surface area contributed by atoms with Crippen LogP contribution in [0.5, 0.6) is 0 Å². The van der Waals surface area contributed by atoms with Crippen LogP contribution in [-0.4, -0.2) is 44.4 Å². The van der Waals surface area contributed by atoms with Crippen LogP contribution in [0.3, 0.4) is 0 Å². The van der Waals surface area contributed by atoms with Crippen molar-refractivity contribution in [2.45, 2.75) is 4.90 Å². The Morgan fingerprint density at radius 3 is 2.61 bits per heavy atom. The number of methoxy groups -OCH3 is 1. The number of thioether (sulfide) groups is 1. The van der Waals surface area contributed by atoms with E-state index in [4.69, 9.17) is 4.74 Å². The lowest BCUT2D eigenvalue weighted by Gasteiger charge is -2.07. The molecule has 2 N–H and O–H groups in total. The summed E-state index contributed by atoms with van der Waals surface area (Å²) in [5, 5.41) is 7.58. The quantitative estimate of drug-likeness (QED) is 0.571. The Kier molecular flexibility index (Phi) is 6.90. The summed E-state index contributed by atoms with van der Waals surface area (Å²) in [7, 11) is 1.57. The van der Waals surface area contributed by atoms with Crippen molar-refractivity contribution in [1.29, 1.82) is 0 Å². The van der Waals surface area contributed by atoms with Crippen molar-refractivity contribution in [2.24, 2.45) is 0 Å². The van der Waals surface area contributed by atoms with E-state index in [0.717, 1.165) is 10.3 Å². The number of nitrogens with one attached hydrogen (secondary N) is 2. The van der Waals surface area contributed by atoms with Crippen LogP contribution in [0.4, 0.5) is 0 Å². The molecule has 0 bridgehead atoms. The number of fused-ring (bicyclic) bond motifs is 1. The molecule has 122 valence electrons. The Morgan fingerprint density at radius 1 is 1.04 bits per heavy atom. The molecule has 0 unspecified atom stereocenters. The van der Waals surface area contributed by atoms with E-state index in [-0.39, 0.29) is 24.1 Å². The predicted octanol–water partition coefficient (Wildman–Crippen LogP) is 1.81. The molecular formula is C17H20N2O3S. The third kappa shape index (κ3) is 5.92. The molecule has 23 heavy (non-hydrogen) atoms. The summed E-state index contributed by atoms with van der Waals surface area (Å²) < 4.78 is 4.83. The van der Waals surface area contributed by atoms with Gasteiger partial charge in [0.25, 0.3) is 0 Å². The Hall–Kier alpha value is -2.05. The van der Waals surface area contributed by atoms with Crippen molar-refractivity contribution < 1.29 is 14.3 Å². The number of carbonyl (C=O) groups excluding carboxylic acids is 2. The minimum absolute atomic E-state index is 0.0131. The first-order valence-corrected chi connectivity index (χ1v) is 8.31. The predicted molar refractivity (Wildman–Crippen MR) is 92.6 cm³/mol. The Labute approximate surface area is 139 Å². The number of rotatable bonds is 8. The van der Waals surface area contributed by atoms with Gasteiger partial charge in [-0.2, -0.15) is 0 Å². The molecule has 6 heteroatoms. The van der Waals surface area contributed by atoms with Crippen LogP contribution in [0.15, 0.2) is 47.4 Å². The summed E-state index contributed by atoms with van der Waals surface area (Å²) in [5.74, 6) is -0.0971. The normalized spacial score (nSPS) is 10.5. The zero-order valence-corrected chi connectivity index (χ0v) is 13.8. The number of ether oxygens (including phenoxy) is 1. The zero-order chi connectivity index (χ0) is 16.5. The highest BCUT2D eigenvalue weighted by atomic mass is 32.2. The lowest BCUT2D eigenvalue weighted by Crippen LogP contribution is -2.38. The van der Waals surface area contributed by atoms with Crippen LogP contribution >= 0.6 is 11.8 Å². The van der Waals surface area contributed by atoms with Crippen molar-refractivity contribution in [3.05, 3.63) is 42.5 Å². The molecule has 5 nitrogen and oxygen atoms in total. The molecule has 0 aliphatic rings. The summed E-state index contributed by atoms with van der Waals surface area (Å²) in [6, 6.07) is 14.2. The maximum Gasteiger partial charge on any atom is 0.239 e. The lowest BCUT2D eigenvalue weighted by molar-refractivity contribution is -0.124. The second kappa shape index (κ2) is 9.17. The van der Waals surface area contributed by atoms with Crippen LogP contribution < -0.4 is 10.6 Å². The summed E-state index contributed by atoms with van der Waals surface area (Å²) in [6.45, 7) is 0.884. The molecular weight excluding hydrogens is 312 g/mol. The van der Waals surface area contributed by atoms with E-state index >= 15 is 0 Å². The van der Waals surface area contributed by atoms with E-state index in [1.54, 1.807) is 7.11 Å². The second-order valence-corrected chi connectivity index (χ2v) is 5.97. The highest BCUT2D eigenvalue weighted by Crippen LogP contribution is 2.23. The fraction of sp³-hybridized carbons (Fsp3) is 0.294. The molecule has 0 atom stereocenters. The zero-order valence-electron chi connectivity index (χ0n) is 13.0. The summed E-state index contributed by atoms with van der Waals surface area (Å²) >= 11 is 1.45. The summed E-state index contributed by atoms with van der Waals surface area (Å²) in [6.07, 6.45) is 0. The molecule has 0 aromatic heterocycles. The third-order valence-electron chi connectivity index (χ3n) is 3.17. The van der Waals surface area contributed by atoms with Gasteiger partial charge in [-0.3, -0.25) is 9.59 Å². The maximum atomic E-state index is 11.8. The van der Waals surface area contributed by atoms with E-state index < -0.39 is 0 Å². The molecule has 0 spiro atoms. The molecule has 0 heterocycles. The highest BCUT2D eigenvalue weighted by Gasteiger charge is 2.06. The van der Waals surface area contributed by atoms with Gasteiger partial charge in [-0.15, -0.1) is 11.8 Å². The molecule has 2 amide bonds. The monoisotopic (exact) mass is 332 g/mol. The molecule has 0 fully saturated rings. The first-order chi connectivity index (χ1) is 11.2. The van der Waals surface area contributed by atoms with Gasteiger partial charge < -0.3 is 15.4 Å². The van der Waals surface area contributed by atoms with E-state index in [9.17, 15) is 9.59 Å². The van der Waals surface area contributed by atoms with Gasteiger partial charge in [0.15, 0.2) is 0 Å². The highest BCUT2D eigenvalue weighted by molar-refractivity contribution is 8.00. The van der Waals surface area contributed by atoms with E-state index in [1.165, 1.54) is 17.1 Å². The fourth-order valence-electron chi connectivity index (χ4n) is 1.99. The molecule has 2 aromatic carbocycles. The Morgan fingerprint density at radius 2 is 1.83 bits per heavy atom. The van der Waals surface area contributed by atoms with Crippen molar-refractivity contribution >= 4 is 34.3 Å². The average Bonchev–Trinajstić information content (AvgIpc) is 2.58. The van der Waals surface area contributed by atoms with E-state index in [0.29, 0.717) is 13.2 Å². The van der Waals surface area contributed by atoms with E-state index in [1.807, 2.05) is 30.3 Å². The van der Waals surface area contributed by atoms with Crippen molar-refractivity contribution in [3.8, 4) is 0 Å². The van der Waals surface area contributed by atoms with Crippen LogP contribution in [0, 0.1) is 0 Å². The minimum atomic E-state index is -0.217. The van der Waals surface area contributed by atoms with Crippen LogP contribution in [0.2, 0.25) is 0 Å². The number of hydrogen-bond acceptors (Lipinski definition) is 4. The van der Waals surface area contributed by atoms with Crippen LogP contribution in [0.25, 0.3) is 10.8 Å². The summed E-state index contributed by atoms with van der Waals surface area (Å²) in [5.41, 5.74) is 0. The number of carbonyl (C=O) groups is 2. The smallest absolute Gasteiger partial charge is 0.239 e. The first-order valence-electron chi connectivity index (χ1n) is 7.33. The van der Waals surface area contributed by atoms with Gasteiger partial charge in [-0.1, -0.05) is 30.3 Å². The van der Waals surface area contributed by atoms with Gasteiger partial charge in [0.2, 0.25) is 11.8 Å². The summed E-state index contributed by atoms with van der Waals surface area (Å²) in [4.78, 5) is 24.3. The van der Waals surface area contributed by atoms with Crippen molar-refractivity contribution in [2.75, 3.05) is 32.6 Å². The van der Waals surface area contributed by atoms with Gasteiger partial charge in [-0.25, -0.2) is 0 Å². The topological polar surface area (TPSA) is 67.4 Å². The van der Waals surface area contributed by atoms with Gasteiger partial charge in [0.05, 0.1) is 18.9 Å². The van der Waals surface area contributed by atoms with Gasteiger partial charge in [0.1, 0.15) is 0 Å². The van der Waals surface area contributed by atoms with Gasteiger partial charge in [0, 0.05) is 18.6 Å². The second-order valence-electron chi connectivity index (χ2n) is 4.92. The minimum Gasteiger partial charge on any atom is -0.383 e. The van der Waals surface area contributed by atoms with Crippen LogP contribution in [-0.2, 0) is 14.3 Å². The number of amides is 2. The number of hydrogen-bond donors (Lipinski definition) is 2. The van der Waals surface area contributed by atoms with E-state index in [2.05, 4.69) is 22.8 Å². The Bertz CT molecular complexity index is 676. The standard InChI is InChI=1S/C17H20N2O3S/c1-22-9-8-18-16(20)11-19-17(21)12-23-15-7-6-13-4-2-3-5-14(13)10-15/h2-7,10H,8-9,11-12H2,1H3,(H,18,20)(H,19,21). The SMILES string of the molecule is COCCNC(=O)CNC(=O)CSc1ccc2ccccc2c1. The van der Waals surface area contributed by atoms with Crippen molar-refractivity contribution in [3.63, 3.8) is 0 Å².